The van der Waals surface area contributed by atoms with Crippen LogP contribution >= 0.6 is 0 Å². The number of ether oxygens (including phenoxy) is 3. The largest absolute Gasteiger partial charge is 0.493 e. The number of nitrogens with one attached hydrogen (secondary N) is 1. The lowest BCUT2D eigenvalue weighted by Gasteiger charge is -2.14. The number of carbonyl (C=O) groups is 2. The fourth-order valence-electron chi connectivity index (χ4n) is 4.48. The monoisotopic (exact) mass is 588 g/mol. The van der Waals surface area contributed by atoms with Crippen molar-refractivity contribution in [2.45, 2.75) is 37.8 Å². The number of amides is 1. The molecule has 1 aliphatic carbocycles. The average Bonchev–Trinajstić information content (AvgIpc) is 3.66. The van der Waals surface area contributed by atoms with Gasteiger partial charge in [0.05, 0.1) is 38.3 Å². The topological polar surface area (TPSA) is 126 Å². The van der Waals surface area contributed by atoms with Crippen LogP contribution in [0.1, 0.15) is 41.6 Å². The summed E-state index contributed by atoms with van der Waals surface area (Å²) < 4.78 is 75.8. The molecule has 1 N–H and O–H groups in total. The molecular weight excluding hydrogens is 564 g/mol. The molecule has 1 aliphatic rings. The maximum Gasteiger partial charge on any atom is 0.401 e. The Morgan fingerprint density at radius 2 is 1.69 bits per heavy atom. The summed E-state index contributed by atoms with van der Waals surface area (Å²) in [6, 6.07) is 8.01. The molecule has 0 aliphatic heterocycles. The van der Waals surface area contributed by atoms with Gasteiger partial charge in [-0.25, -0.2) is 19.2 Å². The van der Waals surface area contributed by atoms with Gasteiger partial charge in [0.2, 0.25) is 5.91 Å². The zero-order valence-corrected chi connectivity index (χ0v) is 22.6. The predicted molar refractivity (Wildman–Crippen MR) is 140 cm³/mol. The van der Waals surface area contributed by atoms with Gasteiger partial charge < -0.3 is 24.1 Å². The number of halogens is 4. The van der Waals surface area contributed by atoms with Crippen molar-refractivity contribution in [2.75, 3.05) is 26.1 Å². The highest BCUT2D eigenvalue weighted by Crippen LogP contribution is 2.59. The summed E-state index contributed by atoms with van der Waals surface area (Å²) in [5.74, 6) is -2.15. The number of rotatable bonds is 9. The van der Waals surface area contributed by atoms with Crippen LogP contribution in [0.2, 0.25) is 0 Å². The van der Waals surface area contributed by atoms with Gasteiger partial charge in [-0.2, -0.15) is 13.2 Å². The maximum absolute atomic E-state index is 15.2. The highest BCUT2D eigenvalue weighted by atomic mass is 19.4. The molecule has 10 nitrogen and oxygen atoms in total. The number of anilines is 1. The SMILES string of the molecule is CCOC(=O)c1nc2cc(OC)c(OC)cc2nc1-c1ccc(CC(=O)Nc2cc(C3(C(F)(F)F)CC3)on2)c(F)c1. The van der Waals surface area contributed by atoms with Crippen LogP contribution in [0.3, 0.4) is 0 Å². The van der Waals surface area contributed by atoms with Crippen molar-refractivity contribution in [2.24, 2.45) is 0 Å². The van der Waals surface area contributed by atoms with Crippen LogP contribution in [-0.2, 0) is 21.4 Å². The molecule has 4 aromatic rings. The second-order valence-electron chi connectivity index (χ2n) is 9.52. The number of alkyl halides is 3. The first kappa shape index (κ1) is 28.8. The van der Waals surface area contributed by atoms with Crippen LogP contribution in [0.25, 0.3) is 22.3 Å². The van der Waals surface area contributed by atoms with E-state index in [9.17, 15) is 22.8 Å². The fraction of sp³-hybridized carbons (Fsp3) is 0.321. The molecule has 0 atom stereocenters. The van der Waals surface area contributed by atoms with E-state index < -0.39 is 35.7 Å². The van der Waals surface area contributed by atoms with Crippen LogP contribution in [0, 0.1) is 5.82 Å². The minimum absolute atomic E-state index is 0.0215. The molecule has 2 aromatic heterocycles. The predicted octanol–water partition coefficient (Wildman–Crippen LogP) is 5.39. The van der Waals surface area contributed by atoms with Crippen LogP contribution in [0.4, 0.5) is 23.4 Å². The number of aromatic nitrogens is 3. The van der Waals surface area contributed by atoms with Gasteiger partial charge in [0.15, 0.2) is 28.8 Å². The molecule has 0 spiro atoms. The first-order valence-electron chi connectivity index (χ1n) is 12.7. The van der Waals surface area contributed by atoms with Crippen molar-refractivity contribution in [1.82, 2.24) is 15.1 Å². The second kappa shape index (κ2) is 10.9. The Balaban J connectivity index is 1.40. The molecule has 1 saturated carbocycles. The van der Waals surface area contributed by atoms with Crippen LogP contribution < -0.4 is 14.8 Å². The first-order valence-corrected chi connectivity index (χ1v) is 12.7. The van der Waals surface area contributed by atoms with Gasteiger partial charge in [0, 0.05) is 23.8 Å². The molecular formula is C28H24F4N4O6. The van der Waals surface area contributed by atoms with Crippen molar-refractivity contribution in [3.8, 4) is 22.8 Å². The van der Waals surface area contributed by atoms with E-state index in [0.717, 1.165) is 12.1 Å². The number of carbonyl (C=O) groups excluding carboxylic acids is 2. The van der Waals surface area contributed by atoms with Gasteiger partial charge in [0.25, 0.3) is 0 Å². The minimum atomic E-state index is -4.50. The van der Waals surface area contributed by atoms with Gasteiger partial charge in [-0.3, -0.25) is 4.79 Å². The normalized spacial score (nSPS) is 14.0. The summed E-state index contributed by atoms with van der Waals surface area (Å²) >= 11 is 0. The van der Waals surface area contributed by atoms with Crippen molar-refractivity contribution in [3.63, 3.8) is 0 Å². The quantitative estimate of drug-likeness (QED) is 0.202. The minimum Gasteiger partial charge on any atom is -0.493 e. The summed E-state index contributed by atoms with van der Waals surface area (Å²) in [7, 11) is 2.89. The van der Waals surface area contributed by atoms with Gasteiger partial charge in [-0.05, 0) is 31.4 Å². The van der Waals surface area contributed by atoms with E-state index in [1.54, 1.807) is 19.1 Å². The number of hydrogen-bond acceptors (Lipinski definition) is 9. The third kappa shape index (κ3) is 5.31. The van der Waals surface area contributed by atoms with E-state index in [0.29, 0.717) is 22.5 Å². The van der Waals surface area contributed by atoms with Crippen molar-refractivity contribution in [3.05, 3.63) is 59.2 Å². The molecule has 2 aromatic carbocycles. The zero-order chi connectivity index (χ0) is 30.2. The molecule has 42 heavy (non-hydrogen) atoms. The number of benzene rings is 2. The van der Waals surface area contributed by atoms with Crippen molar-refractivity contribution in [1.29, 1.82) is 0 Å². The highest BCUT2D eigenvalue weighted by molar-refractivity contribution is 5.97. The Bertz CT molecular complexity index is 1680. The van der Waals surface area contributed by atoms with Gasteiger partial charge in [0.1, 0.15) is 16.9 Å². The van der Waals surface area contributed by atoms with Crippen LogP contribution in [0.15, 0.2) is 40.9 Å². The summed E-state index contributed by atoms with van der Waals surface area (Å²) in [6.07, 6.45) is -5.21. The maximum atomic E-state index is 15.2. The molecule has 0 saturated heterocycles. The second-order valence-corrected chi connectivity index (χ2v) is 9.52. The summed E-state index contributed by atoms with van der Waals surface area (Å²) in [5, 5.41) is 5.84. The average molecular weight is 589 g/mol. The lowest BCUT2D eigenvalue weighted by molar-refractivity contribution is -0.165. The fourth-order valence-corrected chi connectivity index (χ4v) is 4.48. The van der Waals surface area contributed by atoms with Crippen LogP contribution in [-0.4, -0.2) is 54.0 Å². The van der Waals surface area contributed by atoms with Crippen molar-refractivity contribution >= 4 is 28.7 Å². The standard InChI is InChI=1S/C28H24F4N4O6/c1-4-41-26(38)25-24(33-17-11-19(39-2)20(40-3)12-18(17)34-25)15-6-5-14(16(29)9-15)10-23(37)35-22-13-21(42-36-22)27(7-8-27)28(30,31)32/h5-6,9,11-13H,4,7-8,10H2,1-3H3,(H,35,36,37). The van der Waals surface area contributed by atoms with E-state index in [4.69, 9.17) is 18.7 Å². The Morgan fingerprint density at radius 1 is 1.02 bits per heavy atom. The lowest BCUT2D eigenvalue weighted by Crippen LogP contribution is -2.28. The third-order valence-corrected chi connectivity index (χ3v) is 6.86. The lowest BCUT2D eigenvalue weighted by atomic mass is 10.0. The third-order valence-electron chi connectivity index (χ3n) is 6.86. The molecule has 220 valence electrons. The molecule has 1 amide bonds. The Labute approximate surface area is 236 Å². The number of fused-ring (bicyclic) bond motifs is 1. The van der Waals surface area contributed by atoms with E-state index in [1.807, 2.05) is 0 Å². The Morgan fingerprint density at radius 3 is 2.26 bits per heavy atom. The molecule has 0 bridgehead atoms. The molecule has 0 radical (unpaired) electrons. The van der Waals surface area contributed by atoms with Gasteiger partial charge >= 0.3 is 12.1 Å². The van der Waals surface area contributed by atoms with E-state index >= 15 is 4.39 Å². The summed E-state index contributed by atoms with van der Waals surface area (Å²) in [5.41, 5.74) is -1.39. The zero-order valence-electron chi connectivity index (χ0n) is 22.6. The first-order chi connectivity index (χ1) is 20.0. The molecule has 1 fully saturated rings. The summed E-state index contributed by atoms with van der Waals surface area (Å²) in [6.45, 7) is 1.69. The van der Waals surface area contributed by atoms with E-state index in [2.05, 4.69) is 20.4 Å². The number of hydrogen-bond donors (Lipinski definition) is 1. The van der Waals surface area contributed by atoms with E-state index in [1.165, 1.54) is 26.4 Å². The van der Waals surface area contributed by atoms with Gasteiger partial charge in [-0.1, -0.05) is 17.3 Å². The molecule has 2 heterocycles. The smallest absolute Gasteiger partial charge is 0.401 e. The highest BCUT2D eigenvalue weighted by Gasteiger charge is 2.66. The number of esters is 1. The number of nitrogens with zero attached hydrogens (tertiary/aromatic N) is 3. The Kier molecular flexibility index (Phi) is 7.47. The van der Waals surface area contributed by atoms with Crippen LogP contribution in [0.5, 0.6) is 11.5 Å². The molecule has 5 rings (SSSR count). The summed E-state index contributed by atoms with van der Waals surface area (Å²) in [4.78, 5) is 34.2. The van der Waals surface area contributed by atoms with Gasteiger partial charge in [-0.15, -0.1) is 0 Å². The van der Waals surface area contributed by atoms with Crippen molar-refractivity contribution < 1.29 is 45.9 Å². The number of methoxy groups -OCH3 is 2. The van der Waals surface area contributed by atoms with E-state index in [-0.39, 0.29) is 53.5 Å². The molecule has 0 unspecified atom stereocenters. The Hall–Kier alpha value is -4.75. The molecule has 14 heteroatoms.